The van der Waals surface area contributed by atoms with Crippen LogP contribution in [0, 0.1) is 6.92 Å². The number of nitrogens with one attached hydrogen (secondary N) is 1. The lowest BCUT2D eigenvalue weighted by Gasteiger charge is -2.11. The largest absolute Gasteiger partial charge is 0.484 e. The minimum absolute atomic E-state index is 0.140. The molecule has 1 atom stereocenters. The van der Waals surface area contributed by atoms with Gasteiger partial charge in [-0.25, -0.2) is 13.2 Å². The molecule has 1 aliphatic rings. The number of benzene rings is 1. The summed E-state index contributed by atoms with van der Waals surface area (Å²) >= 11 is 0. The van der Waals surface area contributed by atoms with Crippen LogP contribution in [0.1, 0.15) is 5.56 Å². The predicted octanol–water partition coefficient (Wildman–Crippen LogP) is 0.907. The maximum absolute atomic E-state index is 11.8. The van der Waals surface area contributed by atoms with Crippen molar-refractivity contribution in [3.63, 3.8) is 0 Å². The molecule has 0 unspecified atom stereocenters. The van der Waals surface area contributed by atoms with Crippen LogP contribution in [0.4, 0.5) is 0 Å². The third-order valence-electron chi connectivity index (χ3n) is 3.57. The maximum atomic E-state index is 11.8. The molecule has 0 fully saturated rings. The molecule has 1 aromatic heterocycles. The van der Waals surface area contributed by atoms with E-state index in [0.29, 0.717) is 11.3 Å². The first-order valence-corrected chi connectivity index (χ1v) is 8.91. The van der Waals surface area contributed by atoms with E-state index in [4.69, 9.17) is 9.15 Å². The molecule has 8 heteroatoms. The lowest BCUT2D eigenvalue weighted by Crippen LogP contribution is -2.38. The number of carbonyl (C=O) groups excluding carboxylic acids is 1. The Morgan fingerprint density at radius 2 is 2.17 bits per heavy atom. The zero-order valence-electron chi connectivity index (χ0n) is 12.8. The molecule has 0 saturated carbocycles. The van der Waals surface area contributed by atoms with Gasteiger partial charge in [-0.05, 0) is 30.7 Å². The zero-order valence-corrected chi connectivity index (χ0v) is 13.6. The maximum Gasteiger partial charge on any atom is 0.336 e. The number of ether oxygens (including phenoxy) is 1. The van der Waals surface area contributed by atoms with E-state index in [9.17, 15) is 18.0 Å². The van der Waals surface area contributed by atoms with Crippen molar-refractivity contribution in [2.75, 3.05) is 12.4 Å². The third kappa shape index (κ3) is 3.65. The second-order valence-electron chi connectivity index (χ2n) is 5.53. The number of rotatable bonds is 4. The van der Waals surface area contributed by atoms with Crippen molar-refractivity contribution >= 4 is 26.7 Å². The Hall–Kier alpha value is -2.61. The number of hydrogen-bond donors (Lipinski definition) is 1. The molecule has 1 aromatic carbocycles. The fraction of sp³-hybridized carbons (Fsp3) is 0.250. The minimum atomic E-state index is -3.22. The Morgan fingerprint density at radius 1 is 1.38 bits per heavy atom. The molecule has 0 spiro atoms. The smallest absolute Gasteiger partial charge is 0.336 e. The van der Waals surface area contributed by atoms with Crippen molar-refractivity contribution in [1.29, 1.82) is 0 Å². The van der Waals surface area contributed by atoms with Gasteiger partial charge in [0.05, 0.1) is 11.8 Å². The number of fused-ring (bicyclic) bond motifs is 1. The summed E-state index contributed by atoms with van der Waals surface area (Å²) < 4.78 is 33.0. The fourth-order valence-corrected chi connectivity index (χ4v) is 3.69. The van der Waals surface area contributed by atoms with Gasteiger partial charge in [-0.2, -0.15) is 0 Å². The van der Waals surface area contributed by atoms with E-state index in [1.807, 2.05) is 0 Å². The molecule has 1 N–H and O–H groups in total. The molecule has 1 aliphatic heterocycles. The van der Waals surface area contributed by atoms with E-state index < -0.39 is 27.4 Å². The highest BCUT2D eigenvalue weighted by Crippen LogP contribution is 2.22. The fourth-order valence-electron chi connectivity index (χ4n) is 2.46. The number of aryl methyl sites for hydroxylation is 1. The van der Waals surface area contributed by atoms with E-state index >= 15 is 0 Å². The van der Waals surface area contributed by atoms with Gasteiger partial charge in [-0.1, -0.05) is 0 Å². The van der Waals surface area contributed by atoms with E-state index in [-0.39, 0.29) is 12.4 Å². The molecule has 0 radical (unpaired) electrons. The van der Waals surface area contributed by atoms with Gasteiger partial charge in [0.25, 0.3) is 5.91 Å². The van der Waals surface area contributed by atoms with Crippen LogP contribution in [0.5, 0.6) is 5.75 Å². The first-order chi connectivity index (χ1) is 11.3. The van der Waals surface area contributed by atoms with Crippen LogP contribution < -0.4 is 15.7 Å². The summed E-state index contributed by atoms with van der Waals surface area (Å²) in [5.41, 5.74) is 0.714. The minimum Gasteiger partial charge on any atom is -0.484 e. The summed E-state index contributed by atoms with van der Waals surface area (Å²) in [6.45, 7) is 1.53. The Labute approximate surface area is 137 Å². The molecule has 2 aromatic rings. The van der Waals surface area contributed by atoms with Gasteiger partial charge in [0.1, 0.15) is 11.3 Å². The van der Waals surface area contributed by atoms with Crippen LogP contribution in [0.25, 0.3) is 11.0 Å². The summed E-state index contributed by atoms with van der Waals surface area (Å²) in [6.07, 6.45) is 1.43. The van der Waals surface area contributed by atoms with Crippen molar-refractivity contribution in [3.8, 4) is 5.75 Å². The monoisotopic (exact) mass is 349 g/mol. The standard InChI is InChI=1S/C16H15NO6S/c1-10-6-16(19)23-14-7-12(2-3-13(10)14)22-8-15(18)17-11-4-5-24(20,21)9-11/h2-7,11H,8-9H2,1H3,(H,17,18)/t11-/m1/s1. The van der Waals surface area contributed by atoms with Crippen LogP contribution >= 0.6 is 0 Å². The van der Waals surface area contributed by atoms with E-state index in [0.717, 1.165) is 16.4 Å². The summed E-state index contributed by atoms with van der Waals surface area (Å²) in [5, 5.41) is 4.43. The molecule has 0 saturated heterocycles. The Bertz CT molecular complexity index is 989. The first kappa shape index (κ1) is 16.3. The van der Waals surface area contributed by atoms with Crippen molar-refractivity contribution in [1.82, 2.24) is 5.32 Å². The van der Waals surface area contributed by atoms with Gasteiger partial charge >= 0.3 is 5.63 Å². The van der Waals surface area contributed by atoms with Crippen LogP contribution in [-0.4, -0.2) is 32.7 Å². The van der Waals surface area contributed by atoms with Crippen LogP contribution in [0.3, 0.4) is 0 Å². The van der Waals surface area contributed by atoms with Crippen LogP contribution in [0.15, 0.2) is 45.0 Å². The molecule has 24 heavy (non-hydrogen) atoms. The van der Waals surface area contributed by atoms with E-state index in [2.05, 4.69) is 5.32 Å². The molecule has 3 rings (SSSR count). The highest BCUT2D eigenvalue weighted by molar-refractivity contribution is 7.94. The molecule has 126 valence electrons. The van der Waals surface area contributed by atoms with Gasteiger partial charge in [-0.15, -0.1) is 0 Å². The molecule has 2 heterocycles. The number of hydrogen-bond acceptors (Lipinski definition) is 6. The van der Waals surface area contributed by atoms with Crippen LogP contribution in [-0.2, 0) is 14.6 Å². The van der Waals surface area contributed by atoms with Gasteiger partial charge in [0.2, 0.25) is 0 Å². The SMILES string of the molecule is Cc1cc(=O)oc2cc(OCC(=O)N[C@@H]3C=CS(=O)(=O)C3)ccc12. The molecule has 0 aliphatic carbocycles. The van der Waals surface area contributed by atoms with E-state index in [1.165, 1.54) is 18.2 Å². The normalized spacial score (nSPS) is 18.6. The van der Waals surface area contributed by atoms with Gasteiger partial charge in [-0.3, -0.25) is 4.79 Å². The second kappa shape index (κ2) is 6.12. The number of amides is 1. The zero-order chi connectivity index (χ0) is 17.3. The van der Waals surface area contributed by atoms with Gasteiger partial charge in [0.15, 0.2) is 16.4 Å². The molecule has 1 amide bonds. The second-order valence-corrected chi connectivity index (χ2v) is 7.46. The summed E-state index contributed by atoms with van der Waals surface area (Å²) in [4.78, 5) is 23.2. The molecule has 7 nitrogen and oxygen atoms in total. The third-order valence-corrected chi connectivity index (χ3v) is 4.96. The average molecular weight is 349 g/mol. The van der Waals surface area contributed by atoms with Gasteiger partial charge in [0, 0.05) is 22.9 Å². The Balaban J connectivity index is 1.64. The van der Waals surface area contributed by atoms with Crippen molar-refractivity contribution in [2.45, 2.75) is 13.0 Å². The summed E-state index contributed by atoms with van der Waals surface area (Å²) in [5.74, 6) is -0.201. The van der Waals surface area contributed by atoms with Crippen molar-refractivity contribution < 1.29 is 22.4 Å². The summed E-state index contributed by atoms with van der Waals surface area (Å²) in [7, 11) is -3.22. The molecule has 0 bridgehead atoms. The lowest BCUT2D eigenvalue weighted by molar-refractivity contribution is -0.123. The van der Waals surface area contributed by atoms with E-state index in [1.54, 1.807) is 19.1 Å². The highest BCUT2D eigenvalue weighted by atomic mass is 32.2. The number of carbonyl (C=O) groups is 1. The number of sulfone groups is 1. The van der Waals surface area contributed by atoms with Crippen molar-refractivity contribution in [2.24, 2.45) is 0 Å². The Kier molecular flexibility index (Phi) is 4.15. The summed E-state index contributed by atoms with van der Waals surface area (Å²) in [6, 6.07) is 5.81. The lowest BCUT2D eigenvalue weighted by atomic mass is 10.1. The quantitative estimate of drug-likeness (QED) is 0.823. The topological polar surface area (TPSA) is 103 Å². The van der Waals surface area contributed by atoms with Crippen molar-refractivity contribution in [3.05, 3.63) is 51.7 Å². The molecular weight excluding hydrogens is 334 g/mol. The first-order valence-electron chi connectivity index (χ1n) is 7.20. The van der Waals surface area contributed by atoms with Gasteiger partial charge < -0.3 is 14.5 Å². The average Bonchev–Trinajstić information content (AvgIpc) is 2.83. The highest BCUT2D eigenvalue weighted by Gasteiger charge is 2.23. The predicted molar refractivity (Wildman–Crippen MR) is 87.6 cm³/mol. The molecular formula is C16H15NO6S. The van der Waals surface area contributed by atoms with Crippen LogP contribution in [0.2, 0.25) is 0 Å². The Morgan fingerprint density at radius 3 is 2.88 bits per heavy atom.